The van der Waals surface area contributed by atoms with Crippen LogP contribution in [-0.2, 0) is 6.54 Å². The van der Waals surface area contributed by atoms with Crippen molar-refractivity contribution < 1.29 is 4.74 Å². The first-order valence-corrected chi connectivity index (χ1v) is 4.42. The summed E-state index contributed by atoms with van der Waals surface area (Å²) in [6, 6.07) is 0. The predicted molar refractivity (Wildman–Crippen MR) is 53.0 cm³/mol. The molecular formula is C10H13N3O. The third-order valence-electron chi connectivity index (χ3n) is 1.80. The van der Waals surface area contributed by atoms with Crippen LogP contribution in [0.3, 0.4) is 0 Å². The Bertz CT molecular complexity index is 355. The van der Waals surface area contributed by atoms with Crippen molar-refractivity contribution in [3.8, 4) is 5.88 Å². The van der Waals surface area contributed by atoms with Gasteiger partial charge in [0, 0.05) is 12.1 Å². The molecule has 0 aliphatic heterocycles. The number of ether oxygens (including phenoxy) is 1. The fraction of sp³-hybridized carbons (Fsp3) is 0.500. The lowest BCUT2D eigenvalue weighted by Gasteiger charge is -2.07. The van der Waals surface area contributed by atoms with Crippen LogP contribution in [0.2, 0.25) is 0 Å². The average Bonchev–Trinajstić information content (AvgIpc) is 2.18. The van der Waals surface area contributed by atoms with Crippen molar-refractivity contribution in [3.63, 3.8) is 0 Å². The molecule has 1 aromatic heterocycles. The zero-order chi connectivity index (χ0) is 10.6. The van der Waals surface area contributed by atoms with Crippen LogP contribution in [0, 0.1) is 6.57 Å². The van der Waals surface area contributed by atoms with Crippen LogP contribution in [-0.4, -0.2) is 17.1 Å². The molecule has 0 amide bonds. The quantitative estimate of drug-likeness (QED) is 0.686. The number of aromatic nitrogens is 2. The van der Waals surface area contributed by atoms with E-state index in [4.69, 9.17) is 11.3 Å². The van der Waals surface area contributed by atoms with E-state index in [1.165, 1.54) is 0 Å². The molecule has 1 aromatic rings. The van der Waals surface area contributed by atoms with Crippen molar-refractivity contribution >= 4 is 0 Å². The first-order valence-electron chi connectivity index (χ1n) is 4.42. The van der Waals surface area contributed by atoms with Crippen molar-refractivity contribution in [1.82, 2.24) is 9.97 Å². The monoisotopic (exact) mass is 191 g/mol. The SMILES string of the molecule is [C-]#[N+]Cc1cnc(C(C)C)nc1OC. The van der Waals surface area contributed by atoms with Crippen LogP contribution in [0.4, 0.5) is 0 Å². The predicted octanol–water partition coefficient (Wildman–Crippen LogP) is 2.03. The van der Waals surface area contributed by atoms with Crippen LogP contribution in [0.25, 0.3) is 4.85 Å². The van der Waals surface area contributed by atoms with Gasteiger partial charge in [-0.2, -0.15) is 4.98 Å². The Balaban J connectivity index is 3.06. The van der Waals surface area contributed by atoms with Gasteiger partial charge >= 0.3 is 0 Å². The molecule has 0 fully saturated rings. The lowest BCUT2D eigenvalue weighted by atomic mass is 10.2. The lowest BCUT2D eigenvalue weighted by molar-refractivity contribution is 0.389. The topological polar surface area (TPSA) is 39.4 Å². The van der Waals surface area contributed by atoms with E-state index in [-0.39, 0.29) is 12.5 Å². The smallest absolute Gasteiger partial charge is 0.246 e. The summed E-state index contributed by atoms with van der Waals surface area (Å²) >= 11 is 0. The lowest BCUT2D eigenvalue weighted by Crippen LogP contribution is -2.02. The number of hydrogen-bond acceptors (Lipinski definition) is 3. The summed E-state index contributed by atoms with van der Waals surface area (Å²) < 4.78 is 5.09. The van der Waals surface area contributed by atoms with Gasteiger partial charge in [0.25, 0.3) is 0 Å². The highest BCUT2D eigenvalue weighted by Crippen LogP contribution is 2.18. The van der Waals surface area contributed by atoms with Crippen LogP contribution in [0.1, 0.15) is 31.2 Å². The molecule has 0 aliphatic carbocycles. The van der Waals surface area contributed by atoms with Crippen molar-refractivity contribution in [2.45, 2.75) is 26.3 Å². The summed E-state index contributed by atoms with van der Waals surface area (Å²) in [5, 5.41) is 0. The molecule has 4 heteroatoms. The Morgan fingerprint density at radius 2 is 2.29 bits per heavy atom. The molecule has 0 N–H and O–H groups in total. The molecular weight excluding hydrogens is 178 g/mol. The maximum Gasteiger partial charge on any atom is 0.246 e. The van der Waals surface area contributed by atoms with E-state index in [2.05, 4.69) is 14.8 Å². The van der Waals surface area contributed by atoms with Gasteiger partial charge in [0.2, 0.25) is 12.4 Å². The molecule has 0 aromatic carbocycles. The molecule has 0 atom stereocenters. The average molecular weight is 191 g/mol. The van der Waals surface area contributed by atoms with E-state index in [9.17, 15) is 0 Å². The summed E-state index contributed by atoms with van der Waals surface area (Å²) in [6.45, 7) is 11.1. The highest BCUT2D eigenvalue weighted by Gasteiger charge is 2.11. The fourth-order valence-electron chi connectivity index (χ4n) is 1.05. The minimum atomic E-state index is 0.265. The van der Waals surface area contributed by atoms with Gasteiger partial charge < -0.3 is 9.58 Å². The van der Waals surface area contributed by atoms with E-state index in [1.54, 1.807) is 13.3 Å². The highest BCUT2D eigenvalue weighted by molar-refractivity contribution is 5.25. The summed E-state index contributed by atoms with van der Waals surface area (Å²) in [4.78, 5) is 11.7. The van der Waals surface area contributed by atoms with Gasteiger partial charge in [0.1, 0.15) is 11.4 Å². The largest absolute Gasteiger partial charge is 0.481 e. The first kappa shape index (κ1) is 10.5. The standard InChI is InChI=1S/C10H13N3O/c1-7(2)9-12-6-8(5-11-3)10(13-9)14-4/h6-7H,5H2,1-2,4H3. The number of hydrogen-bond donors (Lipinski definition) is 0. The van der Waals surface area contributed by atoms with Crippen LogP contribution in [0.5, 0.6) is 5.88 Å². The molecule has 0 saturated carbocycles. The minimum Gasteiger partial charge on any atom is -0.481 e. The number of methoxy groups -OCH3 is 1. The second-order valence-electron chi connectivity index (χ2n) is 3.23. The van der Waals surface area contributed by atoms with Gasteiger partial charge in [-0.1, -0.05) is 13.8 Å². The number of nitrogens with zero attached hydrogens (tertiary/aromatic N) is 3. The van der Waals surface area contributed by atoms with E-state index in [1.807, 2.05) is 13.8 Å². The second kappa shape index (κ2) is 4.56. The van der Waals surface area contributed by atoms with Crippen LogP contribution < -0.4 is 4.74 Å². The molecule has 0 radical (unpaired) electrons. The van der Waals surface area contributed by atoms with Crippen molar-refractivity contribution in [3.05, 3.63) is 29.0 Å². The summed E-state index contributed by atoms with van der Waals surface area (Å²) in [5.41, 5.74) is 0.742. The third kappa shape index (κ3) is 2.19. The Morgan fingerprint density at radius 1 is 1.57 bits per heavy atom. The van der Waals surface area contributed by atoms with Gasteiger partial charge in [0.05, 0.1) is 7.11 Å². The maximum absolute atomic E-state index is 6.76. The molecule has 0 aliphatic rings. The third-order valence-corrected chi connectivity index (χ3v) is 1.80. The van der Waals surface area contributed by atoms with Crippen LogP contribution >= 0.6 is 0 Å². The Hall–Kier alpha value is -1.63. The molecule has 1 rings (SSSR count). The normalized spacial score (nSPS) is 9.93. The minimum absolute atomic E-state index is 0.265. The molecule has 0 bridgehead atoms. The zero-order valence-electron chi connectivity index (χ0n) is 8.61. The van der Waals surface area contributed by atoms with E-state index in [0.717, 1.165) is 11.4 Å². The molecule has 1 heterocycles. The Morgan fingerprint density at radius 3 is 2.79 bits per heavy atom. The molecule has 0 unspecified atom stereocenters. The molecule has 0 saturated heterocycles. The van der Waals surface area contributed by atoms with Crippen molar-refractivity contribution in [1.29, 1.82) is 0 Å². The van der Waals surface area contributed by atoms with E-state index < -0.39 is 0 Å². The van der Waals surface area contributed by atoms with Gasteiger partial charge in [-0.15, -0.1) is 0 Å². The summed E-state index contributed by atoms with van der Waals surface area (Å²) in [5.74, 6) is 1.53. The molecule has 0 spiro atoms. The fourth-order valence-corrected chi connectivity index (χ4v) is 1.05. The maximum atomic E-state index is 6.76. The first-order chi connectivity index (χ1) is 6.69. The Kier molecular flexibility index (Phi) is 3.41. The van der Waals surface area contributed by atoms with Crippen molar-refractivity contribution in [2.24, 2.45) is 0 Å². The molecule has 4 nitrogen and oxygen atoms in total. The molecule has 74 valence electrons. The summed E-state index contributed by atoms with van der Waals surface area (Å²) in [6.07, 6.45) is 1.67. The van der Waals surface area contributed by atoms with Gasteiger partial charge in [0.15, 0.2) is 0 Å². The zero-order valence-corrected chi connectivity index (χ0v) is 8.61. The van der Waals surface area contributed by atoms with Gasteiger partial charge in [-0.05, 0) is 0 Å². The van der Waals surface area contributed by atoms with E-state index in [0.29, 0.717) is 5.88 Å². The molecule has 14 heavy (non-hydrogen) atoms. The second-order valence-corrected chi connectivity index (χ2v) is 3.23. The Labute approximate surface area is 83.8 Å². The summed E-state index contributed by atoms with van der Waals surface area (Å²) in [7, 11) is 1.56. The van der Waals surface area contributed by atoms with Crippen molar-refractivity contribution in [2.75, 3.05) is 7.11 Å². The van der Waals surface area contributed by atoms with E-state index >= 15 is 0 Å². The van der Waals surface area contributed by atoms with Crippen LogP contribution in [0.15, 0.2) is 6.20 Å². The van der Waals surface area contributed by atoms with Gasteiger partial charge in [-0.25, -0.2) is 11.6 Å². The van der Waals surface area contributed by atoms with Gasteiger partial charge in [-0.3, -0.25) is 0 Å². The number of rotatable bonds is 3. The highest BCUT2D eigenvalue weighted by atomic mass is 16.5.